The number of hydrogen-bond donors (Lipinski definition) is 1. The predicted octanol–water partition coefficient (Wildman–Crippen LogP) is 2.43. The number of hydrogen-bond acceptors (Lipinski definition) is 5. The average Bonchev–Trinajstić information content (AvgIpc) is 2.74. The molecule has 0 bridgehead atoms. The maximum atomic E-state index is 11.9. The highest BCUT2D eigenvalue weighted by Crippen LogP contribution is 2.24. The van der Waals surface area contributed by atoms with Crippen LogP contribution in [0.3, 0.4) is 0 Å². The molecule has 0 unspecified atom stereocenters. The number of carbonyl (C=O) groups is 1. The Bertz CT molecular complexity index is 692. The largest absolute Gasteiger partial charge is 0.497 e. The Hall–Kier alpha value is -2.22. The Kier molecular flexibility index (Phi) is 7.19. The number of carbonyl (C=O) groups excluding carboxylic acids is 1. The van der Waals surface area contributed by atoms with Crippen molar-refractivity contribution in [3.63, 3.8) is 0 Å². The van der Waals surface area contributed by atoms with E-state index < -0.39 is 0 Å². The van der Waals surface area contributed by atoms with Gasteiger partial charge in [0.25, 0.3) is 0 Å². The quantitative estimate of drug-likeness (QED) is 0.727. The first kappa shape index (κ1) is 20.5. The second-order valence-electron chi connectivity index (χ2n) is 7.04. The maximum absolute atomic E-state index is 11.9. The second-order valence-corrected chi connectivity index (χ2v) is 7.43. The molecule has 0 radical (unpaired) electrons. The lowest BCUT2D eigenvalue weighted by molar-refractivity contribution is 0.0434. The summed E-state index contributed by atoms with van der Waals surface area (Å²) < 4.78 is 15.9. The van der Waals surface area contributed by atoms with Gasteiger partial charge in [-0.15, -0.1) is 0 Å². The summed E-state index contributed by atoms with van der Waals surface area (Å²) >= 11 is 5.57. The summed E-state index contributed by atoms with van der Waals surface area (Å²) in [6.45, 7) is 3.76. The topological polar surface area (TPSA) is 63.3 Å². The minimum Gasteiger partial charge on any atom is -0.497 e. The van der Waals surface area contributed by atoms with Gasteiger partial charge in [-0.05, 0) is 61.7 Å². The van der Waals surface area contributed by atoms with Crippen LogP contribution in [0.5, 0.6) is 11.5 Å². The van der Waals surface area contributed by atoms with Gasteiger partial charge >= 0.3 is 6.09 Å². The minimum atomic E-state index is -0.169. The molecular weight excluding hydrogens is 378 g/mol. The van der Waals surface area contributed by atoms with Crippen LogP contribution in [0.15, 0.2) is 18.2 Å². The van der Waals surface area contributed by atoms with Crippen molar-refractivity contribution >= 4 is 23.4 Å². The number of nitrogens with one attached hydrogen (secondary N) is 1. The summed E-state index contributed by atoms with van der Waals surface area (Å²) in [5, 5.41) is 4.11. The molecular formula is C20H29N3O4S. The fourth-order valence-electron chi connectivity index (χ4n) is 3.77. The summed E-state index contributed by atoms with van der Waals surface area (Å²) in [5.41, 5.74) is 1.08. The van der Waals surface area contributed by atoms with E-state index in [0.717, 1.165) is 74.0 Å². The number of methoxy groups -OCH3 is 2. The van der Waals surface area contributed by atoms with Crippen molar-refractivity contribution in [2.24, 2.45) is 0 Å². The predicted molar refractivity (Wildman–Crippen MR) is 111 cm³/mol. The number of amides is 1. The monoisotopic (exact) mass is 407 g/mol. The SMILES string of the molecule is COc1ccc(OC)c(CCNC(=S)N2CCC(N3CCCOC3=O)CC2)c1. The first-order valence-corrected chi connectivity index (χ1v) is 10.2. The molecule has 2 aliphatic rings. The molecule has 0 saturated carbocycles. The van der Waals surface area contributed by atoms with Crippen LogP contribution < -0.4 is 14.8 Å². The molecule has 0 aromatic heterocycles. The fourth-order valence-corrected chi connectivity index (χ4v) is 4.06. The van der Waals surface area contributed by atoms with E-state index in [4.69, 9.17) is 26.4 Å². The lowest BCUT2D eigenvalue weighted by Crippen LogP contribution is -2.52. The van der Waals surface area contributed by atoms with E-state index in [1.807, 2.05) is 23.1 Å². The third-order valence-corrected chi connectivity index (χ3v) is 5.76. The van der Waals surface area contributed by atoms with Gasteiger partial charge in [-0.25, -0.2) is 4.79 Å². The van der Waals surface area contributed by atoms with Gasteiger partial charge in [-0.1, -0.05) is 0 Å². The molecule has 0 atom stereocenters. The number of rotatable bonds is 6. The van der Waals surface area contributed by atoms with E-state index in [-0.39, 0.29) is 12.1 Å². The van der Waals surface area contributed by atoms with E-state index >= 15 is 0 Å². The lowest BCUT2D eigenvalue weighted by Gasteiger charge is -2.40. The highest BCUT2D eigenvalue weighted by atomic mass is 32.1. The van der Waals surface area contributed by atoms with Crippen molar-refractivity contribution in [2.75, 3.05) is 47.0 Å². The van der Waals surface area contributed by atoms with Gasteiger partial charge in [-0.2, -0.15) is 0 Å². The molecule has 2 aliphatic heterocycles. The molecule has 2 fully saturated rings. The summed E-state index contributed by atoms with van der Waals surface area (Å²) in [6, 6.07) is 6.06. The molecule has 1 amide bonds. The molecule has 1 aromatic carbocycles. The van der Waals surface area contributed by atoms with Gasteiger partial charge in [0.05, 0.1) is 20.8 Å². The number of cyclic esters (lactones) is 1. The number of piperidine rings is 1. The van der Waals surface area contributed by atoms with E-state index in [2.05, 4.69) is 10.2 Å². The average molecular weight is 408 g/mol. The minimum absolute atomic E-state index is 0.169. The van der Waals surface area contributed by atoms with Gasteiger partial charge in [-0.3, -0.25) is 0 Å². The zero-order chi connectivity index (χ0) is 19.9. The molecule has 0 aliphatic carbocycles. The highest BCUT2D eigenvalue weighted by molar-refractivity contribution is 7.80. The van der Waals surface area contributed by atoms with Crippen molar-refractivity contribution < 1.29 is 19.0 Å². The van der Waals surface area contributed by atoms with Crippen molar-refractivity contribution in [3.05, 3.63) is 23.8 Å². The van der Waals surface area contributed by atoms with Crippen LogP contribution >= 0.6 is 12.2 Å². The van der Waals surface area contributed by atoms with Crippen LogP contribution in [0.2, 0.25) is 0 Å². The highest BCUT2D eigenvalue weighted by Gasteiger charge is 2.31. The standard InChI is InChI=1S/C20H29N3O4S/c1-25-17-4-5-18(26-2)15(14-17)6-9-21-19(28)22-11-7-16(8-12-22)23-10-3-13-27-20(23)24/h4-5,14,16H,3,6-13H2,1-2H3,(H,21,28). The molecule has 28 heavy (non-hydrogen) atoms. The van der Waals surface area contributed by atoms with Crippen molar-refractivity contribution in [3.8, 4) is 11.5 Å². The van der Waals surface area contributed by atoms with Gasteiger partial charge in [0, 0.05) is 32.2 Å². The summed E-state index contributed by atoms with van der Waals surface area (Å²) in [4.78, 5) is 16.0. The Balaban J connectivity index is 1.44. The van der Waals surface area contributed by atoms with Gasteiger partial charge < -0.3 is 29.3 Å². The van der Waals surface area contributed by atoms with Gasteiger partial charge in [0.15, 0.2) is 5.11 Å². The van der Waals surface area contributed by atoms with Crippen molar-refractivity contribution in [1.29, 1.82) is 0 Å². The third kappa shape index (κ3) is 4.98. The van der Waals surface area contributed by atoms with Crippen LogP contribution in [0, 0.1) is 0 Å². The Morgan fingerprint density at radius 1 is 1.25 bits per heavy atom. The summed E-state index contributed by atoms with van der Waals surface area (Å²) in [5.74, 6) is 1.67. The second kappa shape index (κ2) is 9.82. The van der Waals surface area contributed by atoms with Crippen LogP contribution in [-0.2, 0) is 11.2 Å². The number of thiocarbonyl (C=S) groups is 1. The van der Waals surface area contributed by atoms with Crippen LogP contribution in [0.4, 0.5) is 4.79 Å². The number of nitrogens with zero attached hydrogens (tertiary/aromatic N) is 2. The first-order valence-electron chi connectivity index (χ1n) is 9.79. The van der Waals surface area contributed by atoms with Crippen LogP contribution in [0.1, 0.15) is 24.8 Å². The number of ether oxygens (including phenoxy) is 3. The fraction of sp³-hybridized carbons (Fsp3) is 0.600. The molecule has 1 N–H and O–H groups in total. The van der Waals surface area contributed by atoms with Crippen LogP contribution in [-0.4, -0.2) is 74.1 Å². The normalized spacial score (nSPS) is 17.9. The summed E-state index contributed by atoms with van der Waals surface area (Å²) in [6.07, 6.45) is 3.37. The smallest absolute Gasteiger partial charge is 0.410 e. The number of likely N-dealkylation sites (tertiary alicyclic amines) is 1. The lowest BCUT2D eigenvalue weighted by atomic mass is 10.0. The van der Waals surface area contributed by atoms with Crippen LogP contribution in [0.25, 0.3) is 0 Å². The van der Waals surface area contributed by atoms with Crippen molar-refractivity contribution in [2.45, 2.75) is 31.7 Å². The molecule has 154 valence electrons. The molecule has 8 heteroatoms. The Morgan fingerprint density at radius 3 is 2.71 bits per heavy atom. The molecule has 1 aromatic rings. The van der Waals surface area contributed by atoms with Crippen molar-refractivity contribution in [1.82, 2.24) is 15.1 Å². The van der Waals surface area contributed by atoms with Gasteiger partial charge in [0.1, 0.15) is 11.5 Å². The zero-order valence-corrected chi connectivity index (χ0v) is 17.4. The number of benzene rings is 1. The summed E-state index contributed by atoms with van der Waals surface area (Å²) in [7, 11) is 3.33. The van der Waals surface area contributed by atoms with E-state index in [1.165, 1.54) is 0 Å². The van der Waals surface area contributed by atoms with Gasteiger partial charge in [0.2, 0.25) is 0 Å². The van der Waals surface area contributed by atoms with E-state index in [9.17, 15) is 4.79 Å². The molecule has 0 spiro atoms. The molecule has 2 saturated heterocycles. The first-order chi connectivity index (χ1) is 13.6. The molecule has 7 nitrogen and oxygen atoms in total. The van der Waals surface area contributed by atoms with E-state index in [0.29, 0.717) is 6.61 Å². The maximum Gasteiger partial charge on any atom is 0.410 e. The van der Waals surface area contributed by atoms with E-state index in [1.54, 1.807) is 14.2 Å². The third-order valence-electron chi connectivity index (χ3n) is 5.35. The Morgan fingerprint density at radius 2 is 2.04 bits per heavy atom. The molecule has 2 heterocycles. The molecule has 3 rings (SSSR count). The zero-order valence-electron chi connectivity index (χ0n) is 16.6. The Labute approximate surface area is 171 Å².